The number of halogens is 5. The van der Waals surface area contributed by atoms with Crippen LogP contribution in [0.4, 0.5) is 17.6 Å². The van der Waals surface area contributed by atoms with E-state index in [1.54, 1.807) is 0 Å². The van der Waals surface area contributed by atoms with E-state index in [4.69, 9.17) is 26.8 Å². The molecule has 15 heteroatoms. The number of methoxy groups -OCH3 is 1. The first kappa shape index (κ1) is 31.0. The molecule has 0 radical (unpaired) electrons. The highest BCUT2D eigenvalue weighted by atomic mass is 35.5. The van der Waals surface area contributed by atoms with Gasteiger partial charge in [0, 0.05) is 22.6 Å². The third kappa shape index (κ3) is 5.24. The molecule has 2 aromatic heterocycles. The SMILES string of the molecule is COc1cc(C(=O)NCC(O)(c2cc3c(c(-c4ccc(F)c(Cl)c4)n2)OC[C@]3(C)C(N)=O)C(F)(F)F)cc2sc(C3CC3)nc12. The molecule has 0 spiro atoms. The molecule has 0 saturated heterocycles. The Labute approximate surface area is 262 Å². The van der Waals surface area contributed by atoms with E-state index in [1.807, 2.05) is 0 Å². The zero-order chi connectivity index (χ0) is 32.5. The average molecular weight is 665 g/mol. The van der Waals surface area contributed by atoms with Crippen LogP contribution in [-0.2, 0) is 15.8 Å². The quantitative estimate of drug-likeness (QED) is 0.216. The summed E-state index contributed by atoms with van der Waals surface area (Å²) in [6, 6.07) is 7.07. The number of nitrogens with zero attached hydrogens (tertiary/aromatic N) is 2. The fourth-order valence-electron chi connectivity index (χ4n) is 5.09. The van der Waals surface area contributed by atoms with Gasteiger partial charge in [0.15, 0.2) is 0 Å². The summed E-state index contributed by atoms with van der Waals surface area (Å²) in [4.78, 5) is 34.4. The third-order valence-electron chi connectivity index (χ3n) is 8.09. The molecule has 4 N–H and O–H groups in total. The molecule has 2 aromatic carbocycles. The summed E-state index contributed by atoms with van der Waals surface area (Å²) in [5.41, 5.74) is -0.418. The summed E-state index contributed by atoms with van der Waals surface area (Å²) in [6.07, 6.45) is -3.37. The number of primary amides is 1. The van der Waals surface area contributed by atoms with Crippen LogP contribution in [0.5, 0.6) is 11.5 Å². The highest BCUT2D eigenvalue weighted by Crippen LogP contribution is 2.48. The number of fused-ring (bicyclic) bond motifs is 2. The van der Waals surface area contributed by atoms with Crippen LogP contribution in [0.1, 0.15) is 52.3 Å². The molecule has 236 valence electrons. The van der Waals surface area contributed by atoms with E-state index >= 15 is 0 Å². The van der Waals surface area contributed by atoms with Gasteiger partial charge in [0.25, 0.3) is 5.91 Å². The van der Waals surface area contributed by atoms with Gasteiger partial charge in [-0.15, -0.1) is 11.3 Å². The Morgan fingerprint density at radius 3 is 2.58 bits per heavy atom. The minimum absolute atomic E-state index is 0.00636. The first-order valence-corrected chi connectivity index (χ1v) is 14.9. The molecule has 9 nitrogen and oxygen atoms in total. The largest absolute Gasteiger partial charge is 0.494 e. The van der Waals surface area contributed by atoms with Crippen LogP contribution in [-0.4, -0.2) is 53.3 Å². The number of aromatic nitrogens is 2. The number of thiazole rings is 1. The van der Waals surface area contributed by atoms with Gasteiger partial charge >= 0.3 is 6.18 Å². The number of alkyl halides is 3. The first-order chi connectivity index (χ1) is 21.2. The van der Waals surface area contributed by atoms with E-state index in [-0.39, 0.29) is 45.5 Å². The van der Waals surface area contributed by atoms with Crippen LogP contribution < -0.4 is 20.5 Å². The number of rotatable bonds is 8. The molecule has 3 heterocycles. The van der Waals surface area contributed by atoms with E-state index in [2.05, 4.69) is 15.3 Å². The minimum Gasteiger partial charge on any atom is -0.494 e. The fourth-order valence-corrected chi connectivity index (χ4v) is 6.47. The Bertz CT molecular complexity index is 1880. The van der Waals surface area contributed by atoms with E-state index in [9.17, 15) is 32.3 Å². The zero-order valence-corrected chi connectivity index (χ0v) is 25.3. The topological polar surface area (TPSA) is 137 Å². The van der Waals surface area contributed by atoms with Gasteiger partial charge in [-0.2, -0.15) is 13.2 Å². The Kier molecular flexibility index (Phi) is 7.45. The smallest absolute Gasteiger partial charge is 0.424 e. The third-order valence-corrected chi connectivity index (χ3v) is 9.55. The van der Waals surface area contributed by atoms with Gasteiger partial charge < -0.3 is 25.6 Å². The summed E-state index contributed by atoms with van der Waals surface area (Å²) in [5.74, 6) is -2.07. The first-order valence-electron chi connectivity index (χ1n) is 13.7. The van der Waals surface area contributed by atoms with Gasteiger partial charge in [0.2, 0.25) is 11.5 Å². The number of carbonyl (C=O) groups is 2. The van der Waals surface area contributed by atoms with Crippen molar-refractivity contribution in [3.05, 3.63) is 69.1 Å². The maximum absolute atomic E-state index is 14.7. The molecule has 2 atom stereocenters. The lowest BCUT2D eigenvalue weighted by Gasteiger charge is -2.31. The molecule has 45 heavy (non-hydrogen) atoms. The van der Waals surface area contributed by atoms with E-state index < -0.39 is 47.1 Å². The molecular weight excluding hydrogens is 640 g/mol. The summed E-state index contributed by atoms with van der Waals surface area (Å²) >= 11 is 7.31. The van der Waals surface area contributed by atoms with Crippen molar-refractivity contribution >= 4 is 45.0 Å². The molecule has 1 saturated carbocycles. The molecule has 2 aliphatic rings. The number of aliphatic hydroxyl groups is 1. The predicted molar refractivity (Wildman–Crippen MR) is 157 cm³/mol. The predicted octanol–water partition coefficient (Wildman–Crippen LogP) is 5.35. The average Bonchev–Trinajstić information content (AvgIpc) is 3.66. The molecule has 1 unspecified atom stereocenters. The molecular formula is C30H25ClF4N4O5S. The lowest BCUT2D eigenvalue weighted by Crippen LogP contribution is -2.51. The highest BCUT2D eigenvalue weighted by Gasteiger charge is 2.57. The number of ether oxygens (including phenoxy) is 2. The van der Waals surface area contributed by atoms with Crippen molar-refractivity contribution in [1.82, 2.24) is 15.3 Å². The van der Waals surface area contributed by atoms with Gasteiger partial charge in [-0.05, 0) is 56.2 Å². The molecule has 2 amide bonds. The maximum Gasteiger partial charge on any atom is 0.424 e. The number of amides is 2. The van der Waals surface area contributed by atoms with Crippen molar-refractivity contribution in [2.75, 3.05) is 20.3 Å². The van der Waals surface area contributed by atoms with Crippen molar-refractivity contribution < 1.29 is 41.7 Å². The number of hydrogen-bond donors (Lipinski definition) is 3. The van der Waals surface area contributed by atoms with E-state index in [0.29, 0.717) is 16.1 Å². The Morgan fingerprint density at radius 2 is 1.96 bits per heavy atom. The van der Waals surface area contributed by atoms with Crippen LogP contribution in [0.15, 0.2) is 36.4 Å². The van der Waals surface area contributed by atoms with Crippen molar-refractivity contribution in [2.45, 2.75) is 42.9 Å². The van der Waals surface area contributed by atoms with Crippen LogP contribution >= 0.6 is 22.9 Å². The normalized spacial score (nSPS) is 19.1. The van der Waals surface area contributed by atoms with Crippen molar-refractivity contribution in [3.63, 3.8) is 0 Å². The Morgan fingerprint density at radius 1 is 1.22 bits per heavy atom. The molecule has 4 aromatic rings. The molecule has 0 bridgehead atoms. The maximum atomic E-state index is 14.7. The number of hydrogen-bond acceptors (Lipinski definition) is 8. The number of nitrogens with two attached hydrogens (primary N) is 1. The van der Waals surface area contributed by atoms with Gasteiger partial charge in [-0.25, -0.2) is 14.4 Å². The number of nitrogens with one attached hydrogen (secondary N) is 1. The Hall–Kier alpha value is -4.01. The Balaban J connectivity index is 1.41. The minimum atomic E-state index is -5.37. The van der Waals surface area contributed by atoms with Crippen LogP contribution in [0.3, 0.4) is 0 Å². The molecule has 1 fully saturated rings. The second-order valence-electron chi connectivity index (χ2n) is 11.2. The second-order valence-corrected chi connectivity index (χ2v) is 12.7. The summed E-state index contributed by atoms with van der Waals surface area (Å²) in [7, 11) is 1.39. The fraction of sp³-hybridized carbons (Fsp3) is 0.333. The standard InChI is InChI=1S/C30H25ClF4N4O5S/c1-28(27(36)41)12-44-24-16(28)10-21(38-22(24)14-5-6-18(32)17(31)7-14)29(42,30(33,34)35)11-37-25(40)15-8-19(43-2)23-20(9-15)45-26(39-23)13-3-4-13/h5-10,13,42H,3-4,11-12H2,1-2H3,(H2,36,41)(H,37,40)/t28-,29?/m0/s1. The number of carbonyl (C=O) groups excluding carboxylic acids is 2. The summed E-state index contributed by atoms with van der Waals surface area (Å²) in [5, 5.41) is 14.0. The van der Waals surface area contributed by atoms with Crippen LogP contribution in [0, 0.1) is 5.82 Å². The summed E-state index contributed by atoms with van der Waals surface area (Å²) < 4.78 is 69.9. The van der Waals surface area contributed by atoms with Gasteiger partial charge in [-0.3, -0.25) is 9.59 Å². The molecule has 1 aliphatic heterocycles. The number of benzene rings is 2. The van der Waals surface area contributed by atoms with Crippen LogP contribution in [0.2, 0.25) is 5.02 Å². The zero-order valence-electron chi connectivity index (χ0n) is 23.7. The van der Waals surface area contributed by atoms with Crippen molar-refractivity contribution in [1.29, 1.82) is 0 Å². The van der Waals surface area contributed by atoms with Gasteiger partial charge in [0.05, 0.1) is 34.1 Å². The lowest BCUT2D eigenvalue weighted by molar-refractivity contribution is -0.265. The second kappa shape index (κ2) is 10.8. The lowest BCUT2D eigenvalue weighted by atomic mass is 9.81. The van der Waals surface area contributed by atoms with Gasteiger partial charge in [0.1, 0.15) is 40.5 Å². The highest BCUT2D eigenvalue weighted by molar-refractivity contribution is 7.18. The van der Waals surface area contributed by atoms with Gasteiger partial charge in [-0.1, -0.05) is 11.6 Å². The molecule has 6 rings (SSSR count). The van der Waals surface area contributed by atoms with Crippen molar-refractivity contribution in [3.8, 4) is 22.8 Å². The molecule has 1 aliphatic carbocycles. The van der Waals surface area contributed by atoms with E-state index in [0.717, 1.165) is 36.0 Å². The van der Waals surface area contributed by atoms with Crippen molar-refractivity contribution in [2.24, 2.45) is 5.73 Å². The van der Waals surface area contributed by atoms with Crippen LogP contribution in [0.25, 0.3) is 21.5 Å². The summed E-state index contributed by atoms with van der Waals surface area (Å²) in [6.45, 7) is -0.302. The van der Waals surface area contributed by atoms with E-state index in [1.165, 1.54) is 43.6 Å². The number of pyridine rings is 1. The monoisotopic (exact) mass is 664 g/mol.